The molecule has 0 aliphatic heterocycles. The van der Waals surface area contributed by atoms with Gasteiger partial charge in [-0.25, -0.2) is 9.59 Å². The van der Waals surface area contributed by atoms with E-state index >= 15 is 0 Å². The fraction of sp³-hybridized carbons (Fsp3) is 0.556. The normalized spacial score (nSPS) is 12.1. The number of hydrogen-bond acceptors (Lipinski definition) is 6. The number of carbonyl (C=O) groups is 2. The van der Waals surface area contributed by atoms with Crippen molar-refractivity contribution in [3.05, 3.63) is 29.3 Å². The molecule has 0 amide bonds. The summed E-state index contributed by atoms with van der Waals surface area (Å²) in [5.74, 6) is -1.59. The van der Waals surface area contributed by atoms with Gasteiger partial charge in [-0.15, -0.1) is 0 Å². The van der Waals surface area contributed by atoms with Gasteiger partial charge in [0.1, 0.15) is 0 Å². The van der Waals surface area contributed by atoms with E-state index in [4.69, 9.17) is 9.47 Å². The van der Waals surface area contributed by atoms with Crippen molar-refractivity contribution in [3.8, 4) is 0 Å². The van der Waals surface area contributed by atoms with Crippen LogP contribution in [-0.4, -0.2) is 87.0 Å². The predicted molar refractivity (Wildman–Crippen MR) is 104 cm³/mol. The first kappa shape index (κ1) is 26.6. The van der Waals surface area contributed by atoms with Crippen LogP contribution < -0.4 is 0 Å². The fourth-order valence-electron chi connectivity index (χ4n) is 1.71. The summed E-state index contributed by atoms with van der Waals surface area (Å²) in [4.78, 5) is 23.8. The Hall–Kier alpha value is -0.359. The molecule has 0 saturated carbocycles. The van der Waals surface area contributed by atoms with Gasteiger partial charge in [-0.1, -0.05) is 41.5 Å². The number of ether oxygens (including phenoxy) is 2. The Morgan fingerprint density at radius 1 is 0.852 bits per heavy atom. The number of carbonyl (C=O) groups excluding carboxylic acids is 2. The zero-order valence-corrected chi connectivity index (χ0v) is 16.8. The molecule has 0 aromatic heterocycles. The molecule has 0 aliphatic rings. The zero-order chi connectivity index (χ0) is 20.3. The Morgan fingerprint density at radius 2 is 1.19 bits per heavy atom. The molecule has 0 spiro atoms. The molecule has 1 N–H and O–H groups in total. The van der Waals surface area contributed by atoms with Crippen molar-refractivity contribution in [2.24, 2.45) is 10.8 Å². The Labute approximate surface area is 201 Å². The molecule has 0 saturated heterocycles. The van der Waals surface area contributed by atoms with E-state index in [9.17, 15) is 22.6 Å². The zero-order valence-electron chi connectivity index (χ0n) is 16.0. The average molecular weight is 526 g/mol. The molecular formula is C18H28BaO7S. The van der Waals surface area contributed by atoms with Gasteiger partial charge >= 0.3 is 60.8 Å². The summed E-state index contributed by atoms with van der Waals surface area (Å²) in [5, 5.41) is 0. The van der Waals surface area contributed by atoms with Crippen LogP contribution in [0.2, 0.25) is 0 Å². The van der Waals surface area contributed by atoms with Gasteiger partial charge in [0, 0.05) is 0 Å². The number of esters is 2. The van der Waals surface area contributed by atoms with Crippen LogP contribution in [0.3, 0.4) is 0 Å². The minimum atomic E-state index is -4.62. The third kappa shape index (κ3) is 10.1. The summed E-state index contributed by atoms with van der Waals surface area (Å²) >= 11 is 0. The molecule has 0 heterocycles. The molecule has 1 aromatic carbocycles. The molecule has 7 nitrogen and oxygen atoms in total. The Morgan fingerprint density at radius 3 is 1.44 bits per heavy atom. The van der Waals surface area contributed by atoms with Crippen molar-refractivity contribution in [3.63, 3.8) is 0 Å². The van der Waals surface area contributed by atoms with Crippen molar-refractivity contribution < 1.29 is 32.0 Å². The third-order valence-corrected chi connectivity index (χ3v) is 3.78. The predicted octanol–water partition coefficient (Wildman–Crippen LogP) is 2.42. The van der Waals surface area contributed by atoms with Crippen molar-refractivity contribution in [2.75, 3.05) is 13.2 Å². The third-order valence-electron chi connectivity index (χ3n) is 2.95. The van der Waals surface area contributed by atoms with Crippen LogP contribution in [-0.2, 0) is 19.6 Å². The molecule has 0 atom stereocenters. The van der Waals surface area contributed by atoms with E-state index in [0.29, 0.717) is 0 Å². The fourth-order valence-corrected chi connectivity index (χ4v) is 2.27. The first-order valence-corrected chi connectivity index (χ1v) is 9.49. The van der Waals surface area contributed by atoms with Crippen molar-refractivity contribution in [1.82, 2.24) is 0 Å². The maximum absolute atomic E-state index is 12.2. The summed E-state index contributed by atoms with van der Waals surface area (Å²) in [6.07, 6.45) is 0. The first-order chi connectivity index (χ1) is 11.6. The summed E-state index contributed by atoms with van der Waals surface area (Å²) < 4.78 is 42.5. The molecule has 0 radical (unpaired) electrons. The van der Waals surface area contributed by atoms with Gasteiger partial charge in [0.2, 0.25) is 0 Å². The van der Waals surface area contributed by atoms with Gasteiger partial charge in [-0.2, -0.15) is 8.42 Å². The van der Waals surface area contributed by atoms with E-state index < -0.39 is 27.0 Å². The molecule has 1 rings (SSSR count). The van der Waals surface area contributed by atoms with E-state index in [0.717, 1.165) is 12.1 Å². The first-order valence-electron chi connectivity index (χ1n) is 8.05. The van der Waals surface area contributed by atoms with Crippen LogP contribution in [0, 0.1) is 10.8 Å². The standard InChI is InChI=1S/C18H26O7S.Ba.2H/c1-17(2,3)10-24-15(19)12-7-13(9-14(8-12)26(21,22)23)16(20)25-11-18(4,5)6;;;/h7-9H,10-11H2,1-6H3,(H,21,22,23);;;. The van der Waals surface area contributed by atoms with Gasteiger partial charge in [0.25, 0.3) is 10.1 Å². The minimum absolute atomic E-state index is 0. The molecule has 1 aromatic rings. The van der Waals surface area contributed by atoms with Gasteiger partial charge in [-0.05, 0) is 29.0 Å². The van der Waals surface area contributed by atoms with Crippen LogP contribution in [0.25, 0.3) is 0 Å². The number of benzene rings is 1. The average Bonchev–Trinajstić information content (AvgIpc) is 2.47. The molecule has 9 heteroatoms. The summed E-state index contributed by atoms with van der Waals surface area (Å²) in [6, 6.07) is 3.10. The topological polar surface area (TPSA) is 107 Å². The van der Waals surface area contributed by atoms with E-state index in [1.54, 1.807) is 0 Å². The van der Waals surface area contributed by atoms with Crippen LogP contribution >= 0.6 is 0 Å². The van der Waals surface area contributed by atoms with E-state index in [1.807, 2.05) is 41.5 Å². The van der Waals surface area contributed by atoms with E-state index in [-0.39, 0.29) is 84.1 Å². The second-order valence-corrected chi connectivity index (χ2v) is 9.92. The second kappa shape index (κ2) is 9.91. The van der Waals surface area contributed by atoms with Crippen molar-refractivity contribution in [2.45, 2.75) is 46.4 Å². The summed E-state index contributed by atoms with van der Waals surface area (Å²) in [6.45, 7) is 11.4. The molecule has 150 valence electrons. The van der Waals surface area contributed by atoms with Crippen LogP contribution in [0.4, 0.5) is 0 Å². The summed E-state index contributed by atoms with van der Waals surface area (Å²) in [5.41, 5.74) is -0.894. The maximum atomic E-state index is 12.2. The number of rotatable bonds is 5. The van der Waals surface area contributed by atoms with Crippen molar-refractivity contribution >= 4 is 70.9 Å². The molecule has 0 bridgehead atoms. The molecule has 0 aliphatic carbocycles. The van der Waals surface area contributed by atoms with Gasteiger partial charge in [0.15, 0.2) is 0 Å². The van der Waals surface area contributed by atoms with Gasteiger partial charge in [0.05, 0.1) is 29.2 Å². The Balaban J connectivity index is 0.00000676. The van der Waals surface area contributed by atoms with Crippen LogP contribution in [0.15, 0.2) is 23.1 Å². The van der Waals surface area contributed by atoms with Crippen LogP contribution in [0.1, 0.15) is 62.3 Å². The van der Waals surface area contributed by atoms with Gasteiger partial charge < -0.3 is 9.47 Å². The second-order valence-electron chi connectivity index (χ2n) is 8.49. The molecular weight excluding hydrogens is 498 g/mol. The van der Waals surface area contributed by atoms with Crippen LogP contribution in [0.5, 0.6) is 0 Å². The molecule has 0 unspecified atom stereocenters. The van der Waals surface area contributed by atoms with E-state index in [1.165, 1.54) is 6.07 Å². The monoisotopic (exact) mass is 526 g/mol. The van der Waals surface area contributed by atoms with Crippen molar-refractivity contribution in [1.29, 1.82) is 0 Å². The Kier molecular flexibility index (Phi) is 9.78. The SMILES string of the molecule is CC(C)(C)COC(=O)c1cc(C(=O)OCC(C)(C)C)cc(S(=O)(=O)O)c1.[BaH2]. The Bertz CT molecular complexity index is 739. The summed E-state index contributed by atoms with van der Waals surface area (Å²) in [7, 11) is -4.62. The molecule has 0 fully saturated rings. The molecule has 27 heavy (non-hydrogen) atoms. The quantitative estimate of drug-likeness (QED) is 0.357. The van der Waals surface area contributed by atoms with Gasteiger partial charge in [-0.3, -0.25) is 4.55 Å². The number of hydrogen-bond donors (Lipinski definition) is 1. The van der Waals surface area contributed by atoms with E-state index in [2.05, 4.69) is 0 Å².